The summed E-state index contributed by atoms with van der Waals surface area (Å²) in [4.78, 5) is 11.4. The number of hydrogen-bond acceptors (Lipinski definition) is 6. The Morgan fingerprint density at radius 1 is 1.06 bits per heavy atom. The third-order valence-corrected chi connectivity index (χ3v) is 2.21. The minimum absolute atomic E-state index is 0.0206. The Balaban J connectivity index is 3.50. The van der Waals surface area contributed by atoms with Gasteiger partial charge in [0, 0.05) is 6.07 Å². The number of esters is 1. The van der Waals surface area contributed by atoms with Crippen LogP contribution >= 0.6 is 0 Å². The summed E-state index contributed by atoms with van der Waals surface area (Å²) >= 11 is 0. The molecule has 0 saturated heterocycles. The van der Waals surface area contributed by atoms with Crippen LogP contribution in [0.15, 0.2) is 6.07 Å². The van der Waals surface area contributed by atoms with Crippen LogP contribution in [0, 0.1) is 0 Å². The number of aromatic hydroxyl groups is 1. The van der Waals surface area contributed by atoms with E-state index in [1.165, 1.54) is 34.5 Å². The molecule has 0 spiro atoms. The Bertz CT molecular complexity index is 426. The van der Waals surface area contributed by atoms with Crippen molar-refractivity contribution in [1.29, 1.82) is 0 Å². The Hall–Kier alpha value is -2.11. The molecule has 0 aliphatic rings. The van der Waals surface area contributed by atoms with E-state index in [9.17, 15) is 9.90 Å². The Morgan fingerprint density at radius 2 is 1.65 bits per heavy atom. The fraction of sp³-hybridized carbons (Fsp3) is 0.364. The molecule has 1 rings (SSSR count). The second-order valence-corrected chi connectivity index (χ2v) is 3.03. The maximum Gasteiger partial charge on any atom is 0.341 e. The molecular formula is C11H14O6. The van der Waals surface area contributed by atoms with Gasteiger partial charge in [0.2, 0.25) is 11.5 Å². The number of carbonyl (C=O) groups is 1. The zero-order valence-electron chi connectivity index (χ0n) is 10.1. The molecule has 6 heteroatoms. The van der Waals surface area contributed by atoms with E-state index in [2.05, 4.69) is 4.74 Å². The lowest BCUT2D eigenvalue weighted by Gasteiger charge is -2.15. The lowest BCUT2D eigenvalue weighted by molar-refractivity contribution is 0.0596. The van der Waals surface area contributed by atoms with Crippen molar-refractivity contribution in [2.75, 3.05) is 28.4 Å². The van der Waals surface area contributed by atoms with E-state index in [0.29, 0.717) is 0 Å². The first-order valence-corrected chi connectivity index (χ1v) is 4.70. The summed E-state index contributed by atoms with van der Waals surface area (Å²) in [6.45, 7) is 0. The lowest BCUT2D eigenvalue weighted by Crippen LogP contribution is -2.05. The first kappa shape index (κ1) is 13.0. The third kappa shape index (κ3) is 2.20. The Morgan fingerprint density at radius 3 is 2.06 bits per heavy atom. The van der Waals surface area contributed by atoms with Crippen LogP contribution in [-0.4, -0.2) is 39.5 Å². The highest BCUT2D eigenvalue weighted by molar-refractivity contribution is 5.95. The highest BCUT2D eigenvalue weighted by atomic mass is 16.5. The summed E-state index contributed by atoms with van der Waals surface area (Å²) in [6.07, 6.45) is 0. The Labute approximate surface area is 98.7 Å². The smallest absolute Gasteiger partial charge is 0.341 e. The second-order valence-electron chi connectivity index (χ2n) is 3.03. The molecule has 0 atom stereocenters. The number of ether oxygens (including phenoxy) is 4. The summed E-state index contributed by atoms with van der Waals surface area (Å²) in [7, 11) is 5.37. The molecule has 0 aromatic heterocycles. The molecule has 0 bridgehead atoms. The summed E-state index contributed by atoms with van der Waals surface area (Å²) < 4.78 is 19.6. The number of hydrogen-bond donors (Lipinski definition) is 1. The fourth-order valence-electron chi connectivity index (χ4n) is 1.41. The van der Waals surface area contributed by atoms with E-state index >= 15 is 0 Å². The molecule has 1 N–H and O–H groups in total. The number of carbonyl (C=O) groups excluding carboxylic acids is 1. The van der Waals surface area contributed by atoms with Gasteiger partial charge in [-0.25, -0.2) is 4.79 Å². The maximum atomic E-state index is 11.4. The molecule has 1 aromatic carbocycles. The summed E-state index contributed by atoms with van der Waals surface area (Å²) in [5, 5.41) is 9.86. The number of benzene rings is 1. The SMILES string of the molecule is COC(=O)c1cc(OC)c(OC)c(OC)c1O. The van der Waals surface area contributed by atoms with Gasteiger partial charge in [0.05, 0.1) is 28.4 Å². The summed E-state index contributed by atoms with van der Waals surface area (Å²) in [5.74, 6) is -0.547. The second kappa shape index (κ2) is 5.29. The third-order valence-electron chi connectivity index (χ3n) is 2.21. The van der Waals surface area contributed by atoms with E-state index in [1.807, 2.05) is 0 Å². The van der Waals surface area contributed by atoms with Crippen molar-refractivity contribution in [3.63, 3.8) is 0 Å². The van der Waals surface area contributed by atoms with Crippen molar-refractivity contribution in [1.82, 2.24) is 0 Å². The standard InChI is InChI=1S/C11H14O6/c1-14-7-5-6(11(13)17-4)8(12)10(16-3)9(7)15-2/h5,12H,1-4H3. The number of rotatable bonds is 4. The van der Waals surface area contributed by atoms with E-state index < -0.39 is 5.97 Å². The topological polar surface area (TPSA) is 74.2 Å². The molecule has 0 heterocycles. The van der Waals surface area contributed by atoms with Crippen LogP contribution in [0.2, 0.25) is 0 Å². The van der Waals surface area contributed by atoms with Gasteiger partial charge >= 0.3 is 5.97 Å². The van der Waals surface area contributed by atoms with Gasteiger partial charge in [0.15, 0.2) is 11.5 Å². The fourth-order valence-corrected chi connectivity index (χ4v) is 1.41. The molecule has 0 aliphatic carbocycles. The van der Waals surface area contributed by atoms with Crippen LogP contribution in [0.1, 0.15) is 10.4 Å². The van der Waals surface area contributed by atoms with Crippen molar-refractivity contribution in [3.8, 4) is 23.0 Å². The normalized spacial score (nSPS) is 9.65. The first-order chi connectivity index (χ1) is 8.10. The van der Waals surface area contributed by atoms with Crippen LogP contribution in [0.5, 0.6) is 23.0 Å². The average molecular weight is 242 g/mol. The van der Waals surface area contributed by atoms with E-state index in [1.54, 1.807) is 0 Å². The quantitative estimate of drug-likeness (QED) is 0.800. The number of methoxy groups -OCH3 is 4. The van der Waals surface area contributed by atoms with Gasteiger partial charge in [-0.05, 0) is 0 Å². The van der Waals surface area contributed by atoms with E-state index in [0.717, 1.165) is 0 Å². The molecule has 17 heavy (non-hydrogen) atoms. The lowest BCUT2D eigenvalue weighted by atomic mass is 10.1. The molecule has 94 valence electrons. The molecule has 6 nitrogen and oxygen atoms in total. The molecule has 0 aliphatic heterocycles. The molecule has 0 saturated carbocycles. The summed E-state index contributed by atoms with van der Waals surface area (Å²) in [5.41, 5.74) is -0.0537. The summed E-state index contributed by atoms with van der Waals surface area (Å²) in [6, 6.07) is 1.32. The van der Waals surface area contributed by atoms with Gasteiger partial charge in [-0.3, -0.25) is 0 Å². The molecular weight excluding hydrogens is 228 g/mol. The van der Waals surface area contributed by atoms with Crippen LogP contribution in [-0.2, 0) is 4.74 Å². The zero-order valence-corrected chi connectivity index (χ0v) is 10.1. The zero-order chi connectivity index (χ0) is 13.0. The molecule has 0 unspecified atom stereocenters. The largest absolute Gasteiger partial charge is 0.504 e. The first-order valence-electron chi connectivity index (χ1n) is 4.70. The van der Waals surface area contributed by atoms with Crippen molar-refractivity contribution in [3.05, 3.63) is 11.6 Å². The van der Waals surface area contributed by atoms with Gasteiger partial charge in [-0.15, -0.1) is 0 Å². The average Bonchev–Trinajstić information content (AvgIpc) is 2.36. The molecule has 0 radical (unpaired) electrons. The molecule has 0 fully saturated rings. The van der Waals surface area contributed by atoms with Crippen molar-refractivity contribution >= 4 is 5.97 Å². The monoisotopic (exact) mass is 242 g/mol. The van der Waals surface area contributed by atoms with Gasteiger partial charge in [0.1, 0.15) is 5.56 Å². The van der Waals surface area contributed by atoms with Crippen LogP contribution in [0.25, 0.3) is 0 Å². The number of phenols is 1. The van der Waals surface area contributed by atoms with Crippen LogP contribution < -0.4 is 14.2 Å². The van der Waals surface area contributed by atoms with E-state index in [4.69, 9.17) is 14.2 Å². The van der Waals surface area contributed by atoms with Gasteiger partial charge in [0.25, 0.3) is 0 Å². The highest BCUT2D eigenvalue weighted by Crippen LogP contribution is 2.45. The van der Waals surface area contributed by atoms with Gasteiger partial charge in [-0.1, -0.05) is 0 Å². The van der Waals surface area contributed by atoms with Crippen LogP contribution in [0.3, 0.4) is 0 Å². The van der Waals surface area contributed by atoms with E-state index in [-0.39, 0.29) is 28.6 Å². The van der Waals surface area contributed by atoms with Crippen molar-refractivity contribution in [2.45, 2.75) is 0 Å². The predicted molar refractivity (Wildman–Crippen MR) is 59.1 cm³/mol. The number of phenolic OH excluding ortho intramolecular Hbond substituents is 1. The predicted octanol–water partition coefficient (Wildman–Crippen LogP) is 1.20. The van der Waals surface area contributed by atoms with Crippen molar-refractivity contribution < 1.29 is 28.8 Å². The minimum atomic E-state index is -0.693. The molecule has 0 amide bonds. The van der Waals surface area contributed by atoms with Gasteiger partial charge in [-0.2, -0.15) is 0 Å². The maximum absolute atomic E-state index is 11.4. The Kier molecular flexibility index (Phi) is 4.03. The van der Waals surface area contributed by atoms with Crippen LogP contribution in [0.4, 0.5) is 0 Å². The minimum Gasteiger partial charge on any atom is -0.504 e. The van der Waals surface area contributed by atoms with Crippen molar-refractivity contribution in [2.24, 2.45) is 0 Å². The van der Waals surface area contributed by atoms with Gasteiger partial charge < -0.3 is 24.1 Å². The highest BCUT2D eigenvalue weighted by Gasteiger charge is 2.24. The molecule has 1 aromatic rings.